The number of aliphatic hydroxyl groups is 4. The number of anilines is 4. The Hall–Kier alpha value is -2.62. The molecule has 0 aromatic carbocycles. The Morgan fingerprint density at radius 2 is 0.842 bits per heavy atom. The van der Waals surface area contributed by atoms with Crippen LogP contribution in [0.15, 0.2) is 0 Å². The Morgan fingerprint density at radius 3 is 1.13 bits per heavy atom. The molecule has 38 heavy (non-hydrogen) atoms. The van der Waals surface area contributed by atoms with Crippen LogP contribution in [0.5, 0.6) is 0 Å². The Morgan fingerprint density at radius 1 is 0.526 bits per heavy atom. The van der Waals surface area contributed by atoms with Crippen LogP contribution in [-0.4, -0.2) is 169 Å². The minimum atomic E-state index is -0.0940. The zero-order chi connectivity index (χ0) is 27.1. The summed E-state index contributed by atoms with van der Waals surface area (Å²) in [4.78, 5) is 32.3. The maximum Gasteiger partial charge on any atom is 0.228 e. The second kappa shape index (κ2) is 13.4. The molecule has 4 N–H and O–H groups in total. The summed E-state index contributed by atoms with van der Waals surface area (Å²) in [5.74, 6) is 2.21. The molecule has 2 aromatic rings. The molecule has 0 amide bonds. The van der Waals surface area contributed by atoms with Gasteiger partial charge in [-0.1, -0.05) is 0 Å². The predicted molar refractivity (Wildman–Crippen MR) is 147 cm³/mol. The van der Waals surface area contributed by atoms with Gasteiger partial charge in [0.05, 0.1) is 26.4 Å². The van der Waals surface area contributed by atoms with Gasteiger partial charge in [-0.2, -0.15) is 9.97 Å². The van der Waals surface area contributed by atoms with E-state index in [-0.39, 0.29) is 52.6 Å². The third-order valence-corrected chi connectivity index (χ3v) is 7.13. The van der Waals surface area contributed by atoms with Crippen LogP contribution in [0.3, 0.4) is 0 Å². The summed E-state index contributed by atoms with van der Waals surface area (Å²) < 4.78 is 0. The van der Waals surface area contributed by atoms with E-state index in [1.54, 1.807) is 9.80 Å². The Bertz CT molecular complexity index is 938. The molecular weight excluding hydrogens is 492 g/mol. The molecule has 14 nitrogen and oxygen atoms in total. The van der Waals surface area contributed by atoms with E-state index >= 15 is 0 Å². The van der Waals surface area contributed by atoms with Gasteiger partial charge < -0.3 is 49.8 Å². The van der Waals surface area contributed by atoms with Crippen LogP contribution in [-0.2, 0) is 0 Å². The van der Waals surface area contributed by atoms with Gasteiger partial charge in [0.1, 0.15) is 11.0 Å². The number of hydrogen-bond donors (Lipinski definition) is 4. The lowest BCUT2D eigenvalue weighted by Gasteiger charge is -2.36. The summed E-state index contributed by atoms with van der Waals surface area (Å²) in [6, 6.07) is 0. The topological polar surface area (TPSA) is 152 Å². The summed E-state index contributed by atoms with van der Waals surface area (Å²) in [5, 5.41) is 38.8. The molecule has 2 aliphatic rings. The zero-order valence-electron chi connectivity index (χ0n) is 22.6. The van der Waals surface area contributed by atoms with Gasteiger partial charge in [-0.15, -0.1) is 0 Å². The highest BCUT2D eigenvalue weighted by Crippen LogP contribution is 2.33. The predicted octanol–water partition coefficient (Wildman–Crippen LogP) is -2.49. The highest BCUT2D eigenvalue weighted by atomic mass is 16.3. The summed E-state index contributed by atoms with van der Waals surface area (Å²) in [6.07, 6.45) is 0. The molecule has 14 heteroatoms. The Balaban J connectivity index is 1.93. The fourth-order valence-electron chi connectivity index (χ4n) is 4.83. The first-order valence-corrected chi connectivity index (χ1v) is 13.4. The molecule has 212 valence electrons. The number of likely N-dealkylation sites (N-methyl/N-ethyl adjacent to an activating group) is 2. The summed E-state index contributed by atoms with van der Waals surface area (Å²) in [7, 11) is 4.19. The fourth-order valence-corrected chi connectivity index (χ4v) is 4.83. The van der Waals surface area contributed by atoms with E-state index in [1.165, 1.54) is 0 Å². The molecule has 0 radical (unpaired) electrons. The summed E-state index contributed by atoms with van der Waals surface area (Å²) in [6.45, 7) is 7.36. The highest BCUT2D eigenvalue weighted by molar-refractivity contribution is 5.95. The van der Waals surface area contributed by atoms with Gasteiger partial charge in [0, 0.05) is 78.5 Å². The zero-order valence-corrected chi connectivity index (χ0v) is 22.6. The van der Waals surface area contributed by atoms with E-state index in [0.29, 0.717) is 34.6 Å². The third kappa shape index (κ3) is 6.50. The number of nitrogens with zero attached hydrogens (tertiary/aromatic N) is 10. The van der Waals surface area contributed by atoms with Crippen molar-refractivity contribution < 1.29 is 20.4 Å². The van der Waals surface area contributed by atoms with Crippen molar-refractivity contribution in [2.75, 3.05) is 139 Å². The maximum absolute atomic E-state index is 9.69. The number of aromatic nitrogens is 4. The van der Waals surface area contributed by atoms with Gasteiger partial charge >= 0.3 is 0 Å². The van der Waals surface area contributed by atoms with Gasteiger partial charge in [-0.3, -0.25) is 0 Å². The minimum absolute atomic E-state index is 0.0940. The largest absolute Gasteiger partial charge is 0.395 e. The van der Waals surface area contributed by atoms with Gasteiger partial charge in [0.2, 0.25) is 11.9 Å². The van der Waals surface area contributed by atoms with E-state index in [0.717, 1.165) is 52.4 Å². The Labute approximate surface area is 223 Å². The number of fused-ring (bicyclic) bond motifs is 1. The first-order chi connectivity index (χ1) is 18.5. The average molecular weight is 535 g/mol. The quantitative estimate of drug-likeness (QED) is 0.227. The molecule has 0 bridgehead atoms. The van der Waals surface area contributed by atoms with Crippen LogP contribution in [0.1, 0.15) is 0 Å². The number of rotatable bonds is 12. The fraction of sp³-hybridized carbons (Fsp3) is 0.750. The molecule has 0 saturated carbocycles. The first-order valence-electron chi connectivity index (χ1n) is 13.4. The van der Waals surface area contributed by atoms with E-state index in [2.05, 4.69) is 33.7 Å². The van der Waals surface area contributed by atoms with Crippen LogP contribution in [0.2, 0.25) is 0 Å². The van der Waals surface area contributed by atoms with Crippen molar-refractivity contribution in [1.29, 1.82) is 0 Å². The van der Waals surface area contributed by atoms with Gasteiger partial charge in [0.15, 0.2) is 11.6 Å². The number of hydrogen-bond acceptors (Lipinski definition) is 14. The van der Waals surface area contributed by atoms with Crippen molar-refractivity contribution in [3.05, 3.63) is 0 Å². The lowest BCUT2D eigenvalue weighted by Crippen LogP contribution is -2.46. The lowest BCUT2D eigenvalue weighted by molar-refractivity contribution is 0.279. The molecule has 0 aliphatic carbocycles. The summed E-state index contributed by atoms with van der Waals surface area (Å²) in [5.41, 5.74) is 1.23. The van der Waals surface area contributed by atoms with Crippen LogP contribution in [0.25, 0.3) is 11.0 Å². The maximum atomic E-state index is 9.69. The molecule has 0 spiro atoms. The standard InChI is InChI=1S/C24H42N10O4/c1-29-3-7-31(8-4-29)21-19-20(26-23(27-21)33(11-15-35)12-16-36)22(32-9-5-30(2)6-10-32)28-24(25-19)34(13-17-37)14-18-38/h35-38H,3-18H2,1-2H3. The second-order valence-corrected chi connectivity index (χ2v) is 9.84. The lowest BCUT2D eigenvalue weighted by atomic mass is 10.2. The molecule has 2 saturated heterocycles. The van der Waals surface area contributed by atoms with Crippen molar-refractivity contribution in [3.8, 4) is 0 Å². The van der Waals surface area contributed by atoms with Crippen LogP contribution < -0.4 is 19.6 Å². The number of aliphatic hydroxyl groups excluding tert-OH is 4. The van der Waals surface area contributed by atoms with Crippen LogP contribution >= 0.6 is 0 Å². The molecule has 0 unspecified atom stereocenters. The normalized spacial score (nSPS) is 17.4. The SMILES string of the molecule is CN1CCN(c2nc(N(CCO)CCO)nc3c(N4CCN(C)CC4)nc(N(CCO)CCO)nc23)CC1. The second-order valence-electron chi connectivity index (χ2n) is 9.84. The molecule has 4 rings (SSSR count). The van der Waals surface area contributed by atoms with Crippen molar-refractivity contribution in [2.45, 2.75) is 0 Å². The monoisotopic (exact) mass is 534 g/mol. The average Bonchev–Trinajstić information content (AvgIpc) is 2.92. The van der Waals surface area contributed by atoms with Crippen molar-refractivity contribution >= 4 is 34.6 Å². The summed E-state index contributed by atoms with van der Waals surface area (Å²) >= 11 is 0. The first kappa shape index (κ1) is 28.4. The van der Waals surface area contributed by atoms with Gasteiger partial charge in [-0.05, 0) is 14.1 Å². The van der Waals surface area contributed by atoms with Crippen molar-refractivity contribution in [3.63, 3.8) is 0 Å². The molecule has 0 atom stereocenters. The molecule has 4 heterocycles. The third-order valence-electron chi connectivity index (χ3n) is 7.13. The van der Waals surface area contributed by atoms with Crippen molar-refractivity contribution in [2.24, 2.45) is 0 Å². The molecular formula is C24H42N10O4. The van der Waals surface area contributed by atoms with Crippen molar-refractivity contribution in [1.82, 2.24) is 29.7 Å². The smallest absolute Gasteiger partial charge is 0.228 e. The van der Waals surface area contributed by atoms with E-state index in [9.17, 15) is 20.4 Å². The van der Waals surface area contributed by atoms with E-state index < -0.39 is 0 Å². The molecule has 2 aromatic heterocycles. The van der Waals surface area contributed by atoms with E-state index in [1.807, 2.05) is 0 Å². The highest BCUT2D eigenvalue weighted by Gasteiger charge is 2.28. The van der Waals surface area contributed by atoms with Gasteiger partial charge in [0.25, 0.3) is 0 Å². The minimum Gasteiger partial charge on any atom is -0.395 e. The van der Waals surface area contributed by atoms with Crippen LogP contribution in [0.4, 0.5) is 23.5 Å². The number of piperazine rings is 2. The Kier molecular flexibility index (Phi) is 10.0. The van der Waals surface area contributed by atoms with Crippen LogP contribution in [0, 0.1) is 0 Å². The van der Waals surface area contributed by atoms with Gasteiger partial charge in [-0.25, -0.2) is 9.97 Å². The molecule has 2 aliphatic heterocycles. The molecule has 2 fully saturated rings. The van der Waals surface area contributed by atoms with E-state index in [4.69, 9.17) is 19.9 Å².